The number of benzene rings is 1. The van der Waals surface area contributed by atoms with Crippen molar-refractivity contribution in [1.82, 2.24) is 0 Å². The number of carbonyl (C=O) groups is 1. The normalized spacial score (nSPS) is 14.1. The van der Waals surface area contributed by atoms with Gasteiger partial charge in [-0.15, -0.1) is 0 Å². The van der Waals surface area contributed by atoms with Crippen molar-refractivity contribution in [2.45, 2.75) is 26.2 Å². The van der Waals surface area contributed by atoms with Gasteiger partial charge >= 0.3 is 5.97 Å². The molecule has 0 aromatic heterocycles. The highest BCUT2D eigenvalue weighted by molar-refractivity contribution is 5.77. The van der Waals surface area contributed by atoms with Crippen LogP contribution in [0.25, 0.3) is 0 Å². The summed E-state index contributed by atoms with van der Waals surface area (Å²) in [4.78, 5) is 11.4. The summed E-state index contributed by atoms with van der Waals surface area (Å²) >= 11 is 0. The average Bonchev–Trinajstić information content (AvgIpc) is 2.37. The standard InChI is InChI=1S/C14H20O3/c1-10(9-15)8-12-4-6-13(7-5-12)11(2)14(16)17-3/h4-7,10-11,15H,8-9H2,1-3H3. The molecule has 3 nitrogen and oxygen atoms in total. The first kappa shape index (κ1) is 13.7. The van der Waals surface area contributed by atoms with Crippen molar-refractivity contribution in [3.63, 3.8) is 0 Å². The maximum atomic E-state index is 11.4. The molecule has 0 aliphatic heterocycles. The number of rotatable bonds is 5. The number of hydrogen-bond acceptors (Lipinski definition) is 3. The van der Waals surface area contributed by atoms with Gasteiger partial charge in [0.1, 0.15) is 0 Å². The second-order valence-electron chi connectivity index (χ2n) is 4.48. The van der Waals surface area contributed by atoms with E-state index in [0.717, 1.165) is 12.0 Å². The summed E-state index contributed by atoms with van der Waals surface area (Å²) in [5.74, 6) is -0.190. The van der Waals surface area contributed by atoms with Gasteiger partial charge in [0.15, 0.2) is 0 Å². The lowest BCUT2D eigenvalue weighted by Crippen LogP contribution is -2.11. The minimum Gasteiger partial charge on any atom is -0.469 e. The summed E-state index contributed by atoms with van der Waals surface area (Å²) in [6.45, 7) is 4.03. The van der Waals surface area contributed by atoms with Crippen LogP contribution in [-0.4, -0.2) is 24.8 Å². The van der Waals surface area contributed by atoms with E-state index in [1.54, 1.807) is 0 Å². The van der Waals surface area contributed by atoms with Crippen molar-refractivity contribution in [3.8, 4) is 0 Å². The molecule has 0 saturated heterocycles. The lowest BCUT2D eigenvalue weighted by Gasteiger charge is -2.11. The predicted octanol–water partition coefficient (Wildman–Crippen LogP) is 2.13. The van der Waals surface area contributed by atoms with Gasteiger partial charge in [-0.1, -0.05) is 31.2 Å². The molecular formula is C14H20O3. The molecule has 1 rings (SSSR count). The lowest BCUT2D eigenvalue weighted by molar-refractivity contribution is -0.141. The number of aliphatic hydroxyl groups excluding tert-OH is 1. The van der Waals surface area contributed by atoms with Gasteiger partial charge in [-0.3, -0.25) is 4.79 Å². The molecule has 94 valence electrons. The van der Waals surface area contributed by atoms with E-state index in [0.29, 0.717) is 0 Å². The van der Waals surface area contributed by atoms with E-state index < -0.39 is 0 Å². The number of ether oxygens (including phenoxy) is 1. The Morgan fingerprint density at radius 2 is 1.88 bits per heavy atom. The number of carbonyl (C=O) groups excluding carboxylic acids is 1. The minimum atomic E-state index is -0.232. The van der Waals surface area contributed by atoms with Gasteiger partial charge in [0.2, 0.25) is 0 Å². The fourth-order valence-electron chi connectivity index (χ4n) is 1.72. The minimum absolute atomic E-state index is 0.195. The van der Waals surface area contributed by atoms with Gasteiger partial charge in [-0.05, 0) is 30.4 Å². The van der Waals surface area contributed by atoms with Crippen LogP contribution in [-0.2, 0) is 16.0 Å². The second kappa shape index (κ2) is 6.40. The summed E-state index contributed by atoms with van der Waals surface area (Å²) in [7, 11) is 1.40. The molecule has 0 saturated carbocycles. The van der Waals surface area contributed by atoms with Gasteiger partial charge in [-0.2, -0.15) is 0 Å². The van der Waals surface area contributed by atoms with Crippen LogP contribution in [0.1, 0.15) is 30.9 Å². The zero-order valence-corrected chi connectivity index (χ0v) is 10.6. The van der Waals surface area contributed by atoms with E-state index >= 15 is 0 Å². The van der Waals surface area contributed by atoms with E-state index in [1.165, 1.54) is 12.7 Å². The fraction of sp³-hybridized carbons (Fsp3) is 0.500. The molecule has 1 N–H and O–H groups in total. The molecule has 0 spiro atoms. The van der Waals surface area contributed by atoms with E-state index in [2.05, 4.69) is 0 Å². The van der Waals surface area contributed by atoms with Gasteiger partial charge in [0.25, 0.3) is 0 Å². The molecule has 0 heterocycles. The van der Waals surface area contributed by atoms with Crippen LogP contribution in [0.4, 0.5) is 0 Å². The first-order valence-corrected chi connectivity index (χ1v) is 5.86. The van der Waals surface area contributed by atoms with Crippen molar-refractivity contribution in [1.29, 1.82) is 0 Å². The van der Waals surface area contributed by atoms with Crippen molar-refractivity contribution in [2.75, 3.05) is 13.7 Å². The van der Waals surface area contributed by atoms with Crippen molar-refractivity contribution < 1.29 is 14.6 Å². The third-order valence-corrected chi connectivity index (χ3v) is 2.93. The third kappa shape index (κ3) is 3.86. The third-order valence-electron chi connectivity index (χ3n) is 2.93. The van der Waals surface area contributed by atoms with Crippen molar-refractivity contribution in [3.05, 3.63) is 35.4 Å². The molecule has 1 aromatic rings. The van der Waals surface area contributed by atoms with E-state index in [-0.39, 0.29) is 24.4 Å². The Morgan fingerprint density at radius 3 is 2.35 bits per heavy atom. The van der Waals surface area contributed by atoms with Gasteiger partial charge in [0.05, 0.1) is 13.0 Å². The molecule has 0 radical (unpaired) electrons. The largest absolute Gasteiger partial charge is 0.469 e. The molecule has 1 aromatic carbocycles. The zero-order valence-electron chi connectivity index (χ0n) is 10.6. The van der Waals surface area contributed by atoms with E-state index in [4.69, 9.17) is 9.84 Å². The Morgan fingerprint density at radius 1 is 1.29 bits per heavy atom. The quantitative estimate of drug-likeness (QED) is 0.797. The van der Waals surface area contributed by atoms with E-state index in [9.17, 15) is 4.79 Å². The van der Waals surface area contributed by atoms with Crippen molar-refractivity contribution >= 4 is 5.97 Å². The van der Waals surface area contributed by atoms with Crippen LogP contribution in [0.15, 0.2) is 24.3 Å². The van der Waals surface area contributed by atoms with Crippen LogP contribution >= 0.6 is 0 Å². The Balaban J connectivity index is 2.70. The average molecular weight is 236 g/mol. The number of hydrogen-bond donors (Lipinski definition) is 1. The Bertz CT molecular complexity index is 356. The smallest absolute Gasteiger partial charge is 0.312 e. The topological polar surface area (TPSA) is 46.5 Å². The van der Waals surface area contributed by atoms with Crippen LogP contribution in [0, 0.1) is 5.92 Å². The highest BCUT2D eigenvalue weighted by Gasteiger charge is 2.15. The molecule has 0 fully saturated rings. The molecule has 0 aliphatic rings. The highest BCUT2D eigenvalue weighted by atomic mass is 16.5. The zero-order chi connectivity index (χ0) is 12.8. The lowest BCUT2D eigenvalue weighted by atomic mass is 9.96. The molecular weight excluding hydrogens is 216 g/mol. The van der Waals surface area contributed by atoms with Crippen LogP contribution in [0.2, 0.25) is 0 Å². The Hall–Kier alpha value is -1.35. The van der Waals surface area contributed by atoms with Gasteiger partial charge in [0, 0.05) is 6.61 Å². The number of aliphatic hydroxyl groups is 1. The monoisotopic (exact) mass is 236 g/mol. The molecule has 17 heavy (non-hydrogen) atoms. The summed E-state index contributed by atoms with van der Waals surface area (Å²) < 4.78 is 4.71. The van der Waals surface area contributed by atoms with Crippen LogP contribution < -0.4 is 0 Å². The van der Waals surface area contributed by atoms with Crippen molar-refractivity contribution in [2.24, 2.45) is 5.92 Å². The Labute approximate surface area is 102 Å². The van der Waals surface area contributed by atoms with Gasteiger partial charge < -0.3 is 9.84 Å². The van der Waals surface area contributed by atoms with E-state index in [1.807, 2.05) is 38.1 Å². The molecule has 2 atom stereocenters. The summed E-state index contributed by atoms with van der Waals surface area (Å²) in [5, 5.41) is 8.98. The first-order chi connectivity index (χ1) is 8.08. The maximum Gasteiger partial charge on any atom is 0.312 e. The first-order valence-electron chi connectivity index (χ1n) is 5.86. The maximum absolute atomic E-state index is 11.4. The molecule has 2 unspecified atom stereocenters. The highest BCUT2D eigenvalue weighted by Crippen LogP contribution is 2.18. The number of methoxy groups -OCH3 is 1. The molecule has 3 heteroatoms. The summed E-state index contributed by atoms with van der Waals surface area (Å²) in [6.07, 6.45) is 0.851. The van der Waals surface area contributed by atoms with Gasteiger partial charge in [-0.25, -0.2) is 0 Å². The van der Waals surface area contributed by atoms with Crippen LogP contribution in [0.5, 0.6) is 0 Å². The SMILES string of the molecule is COC(=O)C(C)c1ccc(CC(C)CO)cc1. The fourth-order valence-corrected chi connectivity index (χ4v) is 1.72. The molecule has 0 bridgehead atoms. The Kier molecular flexibility index (Phi) is 5.16. The molecule has 0 amide bonds. The molecule has 0 aliphatic carbocycles. The predicted molar refractivity (Wildman–Crippen MR) is 66.8 cm³/mol. The summed E-state index contributed by atoms with van der Waals surface area (Å²) in [6, 6.07) is 7.89. The number of esters is 1. The van der Waals surface area contributed by atoms with Crippen LogP contribution in [0.3, 0.4) is 0 Å². The summed E-state index contributed by atoms with van der Waals surface area (Å²) in [5.41, 5.74) is 2.13. The second-order valence-corrected chi connectivity index (χ2v) is 4.48.